The molecule has 2 atom stereocenters. The van der Waals surface area contributed by atoms with Crippen molar-refractivity contribution in [2.45, 2.75) is 38.3 Å². The number of carbonyl (C=O) groups excluding carboxylic acids is 2. The largest absolute Gasteiger partial charge is 0.446 e. The molecule has 6 heteroatoms. The number of aromatic nitrogens is 1. The van der Waals surface area contributed by atoms with Crippen molar-refractivity contribution in [1.82, 2.24) is 9.88 Å². The van der Waals surface area contributed by atoms with E-state index in [4.69, 9.17) is 10.5 Å². The van der Waals surface area contributed by atoms with Crippen molar-refractivity contribution in [2.75, 3.05) is 6.54 Å². The summed E-state index contributed by atoms with van der Waals surface area (Å²) < 4.78 is 5.46. The molecule has 1 aliphatic rings. The summed E-state index contributed by atoms with van der Waals surface area (Å²) in [5.41, 5.74) is 8.42. The average molecular weight is 432 g/mol. The highest BCUT2D eigenvalue weighted by Gasteiger charge is 2.30. The van der Waals surface area contributed by atoms with Crippen LogP contribution in [-0.4, -0.2) is 34.5 Å². The topological polar surface area (TPSA) is 85.5 Å². The molecule has 0 radical (unpaired) electrons. The van der Waals surface area contributed by atoms with E-state index in [9.17, 15) is 9.59 Å². The number of hydrogen-bond acceptors (Lipinski definition) is 4. The molecule has 1 fully saturated rings. The van der Waals surface area contributed by atoms with Gasteiger partial charge in [0.25, 0.3) is 0 Å². The predicted octanol–water partition coefficient (Wildman–Crippen LogP) is 4.97. The molecule has 2 heterocycles. The predicted molar refractivity (Wildman–Crippen MR) is 125 cm³/mol. The zero-order valence-electron chi connectivity index (χ0n) is 18.3. The number of nitrogens with two attached hydrogens (primary N) is 1. The lowest BCUT2D eigenvalue weighted by Gasteiger charge is -2.35. The Labute approximate surface area is 189 Å². The van der Waals surface area contributed by atoms with Gasteiger partial charge in [-0.15, -0.1) is 0 Å². The van der Waals surface area contributed by atoms with Gasteiger partial charge in [-0.25, -0.2) is 4.79 Å². The molecule has 166 valence electrons. The Morgan fingerprint density at radius 1 is 1.03 bits per heavy atom. The molecule has 0 spiro atoms. The first kappa shape index (κ1) is 23.0. The first-order valence-electron chi connectivity index (χ1n) is 10.8. The van der Waals surface area contributed by atoms with Crippen LogP contribution in [0.4, 0.5) is 4.79 Å². The summed E-state index contributed by atoms with van der Waals surface area (Å²) in [6.07, 6.45) is 4.41. The maximum absolute atomic E-state index is 12.3. The van der Waals surface area contributed by atoms with Gasteiger partial charge in [-0.05, 0) is 42.2 Å². The van der Waals surface area contributed by atoms with Crippen LogP contribution in [0.1, 0.15) is 37.8 Å². The minimum absolute atomic E-state index is 0.0777. The van der Waals surface area contributed by atoms with Gasteiger partial charge in [0.15, 0.2) is 0 Å². The monoisotopic (exact) mass is 431 g/mol. The highest BCUT2D eigenvalue weighted by Crippen LogP contribution is 2.28. The third kappa shape index (κ3) is 6.67. The number of amides is 2. The average Bonchev–Trinajstić information content (AvgIpc) is 2.84. The first-order valence-corrected chi connectivity index (χ1v) is 10.8. The maximum Gasteiger partial charge on any atom is 0.410 e. The van der Waals surface area contributed by atoms with E-state index in [0.717, 1.165) is 16.7 Å². The Balaban J connectivity index is 0.000000416. The Kier molecular flexibility index (Phi) is 8.37. The maximum atomic E-state index is 12.3. The second-order valence-electron chi connectivity index (χ2n) is 7.68. The zero-order valence-corrected chi connectivity index (χ0v) is 18.3. The summed E-state index contributed by atoms with van der Waals surface area (Å²) in [6, 6.07) is 24.0. The van der Waals surface area contributed by atoms with Crippen molar-refractivity contribution in [2.24, 2.45) is 5.73 Å². The first-order chi connectivity index (χ1) is 15.5. The molecule has 32 heavy (non-hydrogen) atoms. The number of carbonyl (C=O) groups is 2. The number of cyclic esters (lactones) is 1. The molecule has 2 amide bonds. The van der Waals surface area contributed by atoms with Crippen molar-refractivity contribution in [3.05, 3.63) is 90.8 Å². The van der Waals surface area contributed by atoms with Crippen molar-refractivity contribution in [1.29, 1.82) is 0 Å². The standard InChI is InChI=1S/C20H23N3O3.C6H6/c1-14(23-13-10-18(26-20(23)25)6-7-19(21)24)15-2-4-16(5-3-15)17-8-11-22-12-9-17;1-2-4-6-5-3-1/h2-5,8-9,11-12,14,18H,6-7,10,13H2,1H3,(H2,21,24);1-6H. The van der Waals surface area contributed by atoms with E-state index in [-0.39, 0.29) is 30.6 Å². The zero-order chi connectivity index (χ0) is 22.8. The normalized spacial score (nSPS) is 16.3. The summed E-state index contributed by atoms with van der Waals surface area (Å²) in [4.78, 5) is 29.0. The van der Waals surface area contributed by atoms with Gasteiger partial charge in [0.05, 0.1) is 6.04 Å². The van der Waals surface area contributed by atoms with E-state index < -0.39 is 0 Å². The number of nitrogens with zero attached hydrogens (tertiary/aromatic N) is 2. The Morgan fingerprint density at radius 3 is 2.12 bits per heavy atom. The quantitative estimate of drug-likeness (QED) is 0.597. The molecule has 2 N–H and O–H groups in total. The minimum Gasteiger partial charge on any atom is -0.446 e. The number of ether oxygens (including phenoxy) is 1. The van der Waals surface area contributed by atoms with Crippen LogP contribution in [0.15, 0.2) is 85.2 Å². The van der Waals surface area contributed by atoms with Crippen LogP contribution < -0.4 is 5.73 Å². The molecule has 0 saturated carbocycles. The molecular weight excluding hydrogens is 402 g/mol. The van der Waals surface area contributed by atoms with Crippen molar-refractivity contribution in [3.63, 3.8) is 0 Å². The fourth-order valence-corrected chi connectivity index (χ4v) is 3.57. The molecule has 1 aromatic heterocycles. The van der Waals surface area contributed by atoms with Crippen molar-refractivity contribution < 1.29 is 14.3 Å². The molecule has 2 unspecified atom stereocenters. The van der Waals surface area contributed by atoms with Gasteiger partial charge < -0.3 is 15.4 Å². The van der Waals surface area contributed by atoms with Gasteiger partial charge in [-0.3, -0.25) is 9.78 Å². The lowest BCUT2D eigenvalue weighted by atomic mass is 10.0. The van der Waals surface area contributed by atoms with Crippen molar-refractivity contribution >= 4 is 12.0 Å². The van der Waals surface area contributed by atoms with Gasteiger partial charge in [0.2, 0.25) is 5.91 Å². The van der Waals surface area contributed by atoms with Crippen LogP contribution in [0.2, 0.25) is 0 Å². The lowest BCUT2D eigenvalue weighted by molar-refractivity contribution is -0.118. The summed E-state index contributed by atoms with van der Waals surface area (Å²) >= 11 is 0. The number of benzene rings is 2. The highest BCUT2D eigenvalue weighted by atomic mass is 16.6. The molecular formula is C26H29N3O3. The minimum atomic E-state index is -0.369. The SMILES string of the molecule is CC(c1ccc(-c2ccncc2)cc1)N1CCC(CCC(N)=O)OC1=O.c1ccccc1. The van der Waals surface area contributed by atoms with E-state index in [1.807, 2.05) is 79.7 Å². The number of rotatable bonds is 6. The second kappa shape index (κ2) is 11.6. The van der Waals surface area contributed by atoms with E-state index >= 15 is 0 Å². The third-order valence-corrected chi connectivity index (χ3v) is 5.45. The molecule has 0 bridgehead atoms. The summed E-state index contributed by atoms with van der Waals surface area (Å²) in [5.74, 6) is -0.369. The van der Waals surface area contributed by atoms with Gasteiger partial charge in [-0.2, -0.15) is 0 Å². The van der Waals surface area contributed by atoms with Crippen LogP contribution >= 0.6 is 0 Å². The molecule has 1 saturated heterocycles. The summed E-state index contributed by atoms with van der Waals surface area (Å²) in [7, 11) is 0. The molecule has 0 aliphatic carbocycles. The van der Waals surface area contributed by atoms with Crippen LogP contribution in [0.25, 0.3) is 11.1 Å². The number of primary amides is 1. The third-order valence-electron chi connectivity index (χ3n) is 5.45. The van der Waals surface area contributed by atoms with Gasteiger partial charge in [-0.1, -0.05) is 60.7 Å². The van der Waals surface area contributed by atoms with Gasteiger partial charge in [0.1, 0.15) is 6.10 Å². The Morgan fingerprint density at radius 2 is 1.59 bits per heavy atom. The van der Waals surface area contributed by atoms with E-state index in [1.54, 1.807) is 17.3 Å². The van der Waals surface area contributed by atoms with Crippen LogP contribution in [-0.2, 0) is 9.53 Å². The number of hydrogen-bond donors (Lipinski definition) is 1. The fourth-order valence-electron chi connectivity index (χ4n) is 3.57. The second-order valence-corrected chi connectivity index (χ2v) is 7.68. The van der Waals surface area contributed by atoms with Crippen LogP contribution in [0, 0.1) is 0 Å². The van der Waals surface area contributed by atoms with Gasteiger partial charge in [0, 0.05) is 31.8 Å². The molecule has 1 aliphatic heterocycles. The molecule has 4 rings (SSSR count). The van der Waals surface area contributed by atoms with Gasteiger partial charge >= 0.3 is 6.09 Å². The fraction of sp³-hybridized carbons (Fsp3) is 0.269. The van der Waals surface area contributed by atoms with Crippen LogP contribution in [0.3, 0.4) is 0 Å². The Bertz CT molecular complexity index is 952. The van der Waals surface area contributed by atoms with Crippen molar-refractivity contribution in [3.8, 4) is 11.1 Å². The van der Waals surface area contributed by atoms with Crippen LogP contribution in [0.5, 0.6) is 0 Å². The van der Waals surface area contributed by atoms with E-state index in [0.29, 0.717) is 19.4 Å². The molecule has 3 aromatic rings. The molecule has 2 aromatic carbocycles. The Hall–Kier alpha value is -3.67. The highest BCUT2D eigenvalue weighted by molar-refractivity contribution is 5.74. The lowest BCUT2D eigenvalue weighted by Crippen LogP contribution is -2.43. The summed E-state index contributed by atoms with van der Waals surface area (Å²) in [6.45, 7) is 2.60. The number of pyridine rings is 1. The van der Waals surface area contributed by atoms with E-state index in [2.05, 4.69) is 4.98 Å². The van der Waals surface area contributed by atoms with E-state index in [1.165, 1.54) is 0 Å². The molecule has 6 nitrogen and oxygen atoms in total. The summed E-state index contributed by atoms with van der Waals surface area (Å²) in [5, 5.41) is 0. The smallest absolute Gasteiger partial charge is 0.410 e.